The Hall–Kier alpha value is -3.09. The van der Waals surface area contributed by atoms with Crippen LogP contribution in [0, 0.1) is 6.92 Å². The lowest BCUT2D eigenvalue weighted by molar-refractivity contribution is -0.136. The molecule has 3 aliphatic heterocycles. The fourth-order valence-electron chi connectivity index (χ4n) is 5.95. The van der Waals surface area contributed by atoms with Gasteiger partial charge in [0.05, 0.1) is 12.4 Å². The average molecular weight is 607 g/mol. The van der Waals surface area contributed by atoms with Gasteiger partial charge < -0.3 is 20.0 Å². The van der Waals surface area contributed by atoms with Crippen LogP contribution in [-0.2, 0) is 26.9 Å². The van der Waals surface area contributed by atoms with Crippen LogP contribution in [0.4, 0.5) is 20.4 Å². The quantitative estimate of drug-likeness (QED) is 0.530. The van der Waals surface area contributed by atoms with Crippen molar-refractivity contribution in [1.29, 1.82) is 0 Å². The maximum atomic E-state index is 14.3. The zero-order valence-corrected chi connectivity index (χ0v) is 27.0. The molecule has 1 amide bonds. The number of amides is 1. The van der Waals surface area contributed by atoms with Gasteiger partial charge >= 0.3 is 0 Å². The summed E-state index contributed by atoms with van der Waals surface area (Å²) >= 11 is 0. The third-order valence-electron chi connectivity index (χ3n) is 8.43. The van der Waals surface area contributed by atoms with Gasteiger partial charge in [0, 0.05) is 73.7 Å². The highest BCUT2D eigenvalue weighted by atomic mass is 32.2. The number of anilines is 2. The molecule has 3 aliphatic rings. The van der Waals surface area contributed by atoms with Crippen molar-refractivity contribution in [2.45, 2.75) is 83.9 Å². The second kappa shape index (κ2) is 11.5. The highest BCUT2D eigenvalue weighted by molar-refractivity contribution is 7.88. The third-order valence-corrected chi connectivity index (χ3v) is 10.4. The number of aromatic nitrogens is 4. The molecule has 0 aliphatic carbocycles. The monoisotopic (exact) mass is 606 g/mol. The number of halogens is 2. The molecule has 0 spiro atoms. The first-order chi connectivity index (χ1) is 19.7. The Kier molecular flexibility index (Phi) is 8.74. The summed E-state index contributed by atoms with van der Waals surface area (Å²) in [6.45, 7) is 16.9. The van der Waals surface area contributed by atoms with Crippen LogP contribution in [-0.4, -0.2) is 84.3 Å². The Morgan fingerprint density at radius 2 is 1.83 bits per heavy atom. The van der Waals surface area contributed by atoms with E-state index in [0.717, 1.165) is 18.3 Å². The van der Waals surface area contributed by atoms with Gasteiger partial charge in [0.1, 0.15) is 40.0 Å². The summed E-state index contributed by atoms with van der Waals surface area (Å²) in [6.07, 6.45) is 5.03. The van der Waals surface area contributed by atoms with E-state index in [4.69, 9.17) is 4.98 Å². The minimum absolute atomic E-state index is 0.0284. The van der Waals surface area contributed by atoms with Crippen LogP contribution in [0.3, 0.4) is 0 Å². The first-order valence-corrected chi connectivity index (χ1v) is 15.9. The van der Waals surface area contributed by atoms with Crippen molar-refractivity contribution in [3.63, 3.8) is 0 Å². The Balaban J connectivity index is 0.00000198. The first kappa shape index (κ1) is 31.8. The normalized spacial score (nSPS) is 25.4. The second-order valence-electron chi connectivity index (χ2n) is 11.9. The number of nitrogens with zero attached hydrogens (tertiary/aromatic N) is 7. The highest BCUT2D eigenvalue weighted by Crippen LogP contribution is 2.45. The van der Waals surface area contributed by atoms with Crippen LogP contribution in [0.2, 0.25) is 0 Å². The van der Waals surface area contributed by atoms with E-state index in [0.29, 0.717) is 55.8 Å². The fourth-order valence-corrected chi connectivity index (χ4v) is 7.24. The predicted octanol–water partition coefficient (Wildman–Crippen LogP) is 3.84. The molecule has 2 fully saturated rings. The summed E-state index contributed by atoms with van der Waals surface area (Å²) in [6, 6.07) is -0.0759. The molecule has 0 bridgehead atoms. The molecule has 2 aromatic rings. The molecule has 2 saturated heterocycles. The lowest BCUT2D eigenvalue weighted by Crippen LogP contribution is -2.63. The van der Waals surface area contributed by atoms with Gasteiger partial charge in [0.15, 0.2) is 0 Å². The topological polar surface area (TPSA) is 99.5 Å². The van der Waals surface area contributed by atoms with E-state index in [1.54, 1.807) is 20.2 Å². The van der Waals surface area contributed by atoms with E-state index in [9.17, 15) is 17.8 Å². The Morgan fingerprint density at radius 1 is 1.17 bits per heavy atom. The Labute approximate surface area is 250 Å². The maximum absolute atomic E-state index is 14.3. The highest BCUT2D eigenvalue weighted by Gasteiger charge is 2.51. The van der Waals surface area contributed by atoms with Crippen LogP contribution in [0.1, 0.15) is 72.0 Å². The number of hydrogen-bond donors (Lipinski definition) is 1. The van der Waals surface area contributed by atoms with Gasteiger partial charge in [-0.2, -0.15) is 8.78 Å². The number of imidazole rings is 1. The van der Waals surface area contributed by atoms with Crippen molar-refractivity contribution in [3.05, 3.63) is 35.4 Å². The van der Waals surface area contributed by atoms with Crippen molar-refractivity contribution in [3.8, 4) is 0 Å². The van der Waals surface area contributed by atoms with Gasteiger partial charge in [-0.25, -0.2) is 15.0 Å². The summed E-state index contributed by atoms with van der Waals surface area (Å²) in [5, 5.41) is 3.17. The average Bonchev–Trinajstić information content (AvgIpc) is 3.46. The molecule has 0 saturated carbocycles. The fraction of sp³-hybridized carbons (Fsp3) is 0.655. The zero-order chi connectivity index (χ0) is 31.2. The van der Waals surface area contributed by atoms with Gasteiger partial charge in [-0.15, -0.1) is 0 Å². The van der Waals surface area contributed by atoms with Crippen molar-refractivity contribution in [2.75, 3.05) is 48.8 Å². The molecule has 13 heteroatoms. The molecule has 3 unspecified atom stereocenters. The van der Waals surface area contributed by atoms with Crippen molar-refractivity contribution >= 4 is 34.5 Å². The van der Waals surface area contributed by atoms with Crippen LogP contribution >= 0.6 is 0 Å². The van der Waals surface area contributed by atoms with E-state index < -0.39 is 21.5 Å². The van der Waals surface area contributed by atoms with E-state index in [1.165, 1.54) is 17.1 Å². The molecular formula is C29H44F2N8O2S. The number of piperazine rings is 1. The van der Waals surface area contributed by atoms with Crippen molar-refractivity contribution < 1.29 is 17.8 Å². The SMILES string of the molecule is CC.CN/C(=C\n1c(C(C)(F)F)cnc1C)N1CC(C)(C)c2c(N3CCN(C(=O)C4(C)CCS4=O)C(C)C3)ncnc21. The molecule has 10 nitrogen and oxygen atoms in total. The lowest BCUT2D eigenvalue weighted by atomic mass is 9.87. The summed E-state index contributed by atoms with van der Waals surface area (Å²) in [5.41, 5.74) is 0.426. The minimum Gasteiger partial charge on any atom is -0.373 e. The van der Waals surface area contributed by atoms with Crippen LogP contribution in [0.15, 0.2) is 18.3 Å². The molecule has 232 valence electrons. The molecule has 5 heterocycles. The minimum atomic E-state index is -3.06. The van der Waals surface area contributed by atoms with E-state index in [2.05, 4.69) is 34.0 Å². The Morgan fingerprint density at radius 3 is 2.38 bits per heavy atom. The molecular weight excluding hydrogens is 562 g/mol. The first-order valence-electron chi connectivity index (χ1n) is 14.6. The van der Waals surface area contributed by atoms with Crippen LogP contribution in [0.5, 0.6) is 0 Å². The standard InChI is InChI=1S/C27H38F2N8O2S.C2H6/c1-17-13-34(9-10-35(17)24(38)26(5)8-11-40(26)39)22-21-23(33-16-32-22)37(15-25(21,3)4)20(30-7)14-36-18(2)31-12-19(36)27(6,28)29;1-2/h12,14,16-17,30H,8-11,13,15H2,1-7H3;1-2H3/b20-14+;. The summed E-state index contributed by atoms with van der Waals surface area (Å²) in [7, 11) is 0.636. The Bertz CT molecular complexity index is 1390. The van der Waals surface area contributed by atoms with Crippen LogP contribution in [0.25, 0.3) is 6.20 Å². The third kappa shape index (κ3) is 5.40. The molecule has 1 N–H and O–H groups in total. The maximum Gasteiger partial charge on any atom is 0.286 e. The van der Waals surface area contributed by atoms with Gasteiger partial charge in [-0.3, -0.25) is 13.6 Å². The number of carbonyl (C=O) groups excluding carboxylic acids is 1. The van der Waals surface area contributed by atoms with Gasteiger partial charge in [-0.1, -0.05) is 27.7 Å². The molecule has 3 atom stereocenters. The van der Waals surface area contributed by atoms with Crippen molar-refractivity contribution in [2.24, 2.45) is 0 Å². The number of rotatable bonds is 6. The molecule has 2 aromatic heterocycles. The van der Waals surface area contributed by atoms with Crippen LogP contribution < -0.4 is 15.1 Å². The van der Waals surface area contributed by atoms with Crippen molar-refractivity contribution in [1.82, 2.24) is 29.7 Å². The van der Waals surface area contributed by atoms with Gasteiger partial charge in [-0.05, 0) is 27.2 Å². The number of aryl methyl sites for hydroxylation is 1. The summed E-state index contributed by atoms with van der Waals surface area (Å²) in [4.78, 5) is 32.8. The number of nitrogens with one attached hydrogen (secondary N) is 1. The number of alkyl halides is 2. The second-order valence-corrected chi connectivity index (χ2v) is 13.9. The molecule has 42 heavy (non-hydrogen) atoms. The summed E-state index contributed by atoms with van der Waals surface area (Å²) in [5.74, 6) is 0.0761. The van der Waals surface area contributed by atoms with Gasteiger partial charge in [0.2, 0.25) is 5.91 Å². The molecule has 0 aromatic carbocycles. The number of carbonyl (C=O) groups is 1. The predicted molar refractivity (Wildman–Crippen MR) is 163 cm³/mol. The van der Waals surface area contributed by atoms with Gasteiger partial charge in [0.25, 0.3) is 5.92 Å². The largest absolute Gasteiger partial charge is 0.373 e. The van der Waals surface area contributed by atoms with E-state index in [1.807, 2.05) is 37.5 Å². The smallest absolute Gasteiger partial charge is 0.286 e. The summed E-state index contributed by atoms with van der Waals surface area (Å²) < 4.78 is 41.6. The zero-order valence-electron chi connectivity index (χ0n) is 26.2. The number of hydrogen-bond acceptors (Lipinski definition) is 8. The number of fused-ring (bicyclic) bond motifs is 1. The van der Waals surface area contributed by atoms with E-state index >= 15 is 0 Å². The molecule has 0 radical (unpaired) electrons. The van der Waals surface area contributed by atoms with E-state index in [-0.39, 0.29) is 23.1 Å². The molecule has 5 rings (SSSR count). The lowest BCUT2D eigenvalue weighted by Gasteiger charge is -2.46.